The number of hydrogen-bond acceptors (Lipinski definition) is 4. The maximum Gasteiger partial charge on any atom is 0.240 e. The highest BCUT2D eigenvalue weighted by molar-refractivity contribution is 7.92. The molecule has 0 spiro atoms. The lowest BCUT2D eigenvalue weighted by Gasteiger charge is -2.24. The van der Waals surface area contributed by atoms with Crippen LogP contribution < -0.4 is 14.4 Å². The number of aryl methyl sites for hydroxylation is 1. The van der Waals surface area contributed by atoms with E-state index in [0.717, 1.165) is 40.3 Å². The summed E-state index contributed by atoms with van der Waals surface area (Å²) in [4.78, 5) is 12.4. The number of carbonyl (C=O) groups is 1. The average Bonchev–Trinajstić information content (AvgIpc) is 2.69. The van der Waals surface area contributed by atoms with Gasteiger partial charge in [-0.3, -0.25) is 9.10 Å². The lowest BCUT2D eigenvalue weighted by molar-refractivity contribution is -0.119. The summed E-state index contributed by atoms with van der Waals surface area (Å²) in [6, 6.07) is 15.2. The van der Waals surface area contributed by atoms with Gasteiger partial charge in [-0.25, -0.2) is 8.42 Å². The summed E-state index contributed by atoms with van der Waals surface area (Å²) < 4.78 is 31.4. The Balaban J connectivity index is 1.88. The molecule has 0 aliphatic carbocycles. The van der Waals surface area contributed by atoms with Crippen molar-refractivity contribution in [2.75, 3.05) is 23.7 Å². The molecule has 2 aromatic rings. The van der Waals surface area contributed by atoms with Crippen LogP contribution in [0.1, 0.15) is 52.2 Å². The van der Waals surface area contributed by atoms with Gasteiger partial charge < -0.3 is 10.1 Å². The number of amides is 1. The molecule has 2 aromatic carbocycles. The van der Waals surface area contributed by atoms with Crippen LogP contribution in [-0.4, -0.2) is 39.8 Å². The van der Waals surface area contributed by atoms with Gasteiger partial charge in [0.05, 0.1) is 18.0 Å². The zero-order chi connectivity index (χ0) is 23.9. The Bertz CT molecular complexity index is 976. The van der Waals surface area contributed by atoms with Gasteiger partial charge in [-0.2, -0.15) is 0 Å². The molecule has 1 N–H and O–H groups in total. The fourth-order valence-electron chi connectivity index (χ4n) is 3.24. The van der Waals surface area contributed by atoms with E-state index in [9.17, 15) is 13.2 Å². The molecule has 0 fully saturated rings. The Morgan fingerprint density at radius 2 is 1.62 bits per heavy atom. The van der Waals surface area contributed by atoms with E-state index in [0.29, 0.717) is 12.2 Å². The quantitative estimate of drug-likeness (QED) is 0.537. The van der Waals surface area contributed by atoms with Crippen molar-refractivity contribution in [2.24, 2.45) is 0 Å². The molecule has 1 amide bonds. The molecule has 2 rings (SSSR count). The Morgan fingerprint density at radius 1 is 1.03 bits per heavy atom. The van der Waals surface area contributed by atoms with Gasteiger partial charge in [0, 0.05) is 6.54 Å². The molecule has 176 valence electrons. The standard InChI is InChI=1S/C25H36N2O4S/c1-19(2)31-23-15-9-20(10-16-23)8-7-17-26-24(28)18-27(32(6,29)30)22-13-11-21(12-14-22)25(3,4)5/h9-16,19H,7-8,17-18H2,1-6H3,(H,26,28). The largest absolute Gasteiger partial charge is 0.491 e. The van der Waals surface area contributed by atoms with Crippen LogP contribution in [0.3, 0.4) is 0 Å². The van der Waals surface area contributed by atoms with E-state index >= 15 is 0 Å². The molecule has 6 nitrogen and oxygen atoms in total. The zero-order valence-corrected chi connectivity index (χ0v) is 20.8. The van der Waals surface area contributed by atoms with Crippen LogP contribution >= 0.6 is 0 Å². The van der Waals surface area contributed by atoms with Crippen LogP contribution in [0.4, 0.5) is 5.69 Å². The second kappa shape index (κ2) is 10.9. The summed E-state index contributed by atoms with van der Waals surface area (Å²) in [7, 11) is -3.59. The number of rotatable bonds is 10. The predicted octanol–water partition coefficient (Wildman–Crippen LogP) is 4.29. The molecule has 0 aliphatic heterocycles. The molecule has 0 bridgehead atoms. The molecule has 32 heavy (non-hydrogen) atoms. The molecule has 0 aliphatic rings. The Labute approximate surface area is 193 Å². The SMILES string of the molecule is CC(C)Oc1ccc(CCCNC(=O)CN(c2ccc(C(C)(C)C)cc2)S(C)(=O)=O)cc1. The van der Waals surface area contributed by atoms with Gasteiger partial charge in [-0.1, -0.05) is 45.0 Å². The van der Waals surface area contributed by atoms with E-state index < -0.39 is 10.0 Å². The topological polar surface area (TPSA) is 75.7 Å². The number of anilines is 1. The molecule has 0 aromatic heterocycles. The Hall–Kier alpha value is -2.54. The predicted molar refractivity (Wildman–Crippen MR) is 131 cm³/mol. The molecule has 0 heterocycles. The molecule has 0 saturated carbocycles. The highest BCUT2D eigenvalue weighted by atomic mass is 32.2. The number of benzene rings is 2. The van der Waals surface area contributed by atoms with Crippen LogP contribution in [0.5, 0.6) is 5.75 Å². The van der Waals surface area contributed by atoms with E-state index in [1.807, 2.05) is 50.2 Å². The molecule has 0 radical (unpaired) electrons. The van der Waals surface area contributed by atoms with Gasteiger partial charge in [0.1, 0.15) is 12.3 Å². The fraction of sp³-hybridized carbons (Fsp3) is 0.480. The smallest absolute Gasteiger partial charge is 0.240 e. The number of hydrogen-bond donors (Lipinski definition) is 1. The number of nitrogens with zero attached hydrogens (tertiary/aromatic N) is 1. The number of sulfonamides is 1. The first-order valence-corrected chi connectivity index (χ1v) is 12.8. The van der Waals surface area contributed by atoms with E-state index in [4.69, 9.17) is 4.74 Å². The van der Waals surface area contributed by atoms with E-state index in [1.54, 1.807) is 12.1 Å². The first-order valence-electron chi connectivity index (χ1n) is 11.0. The van der Waals surface area contributed by atoms with Crippen LogP contribution in [-0.2, 0) is 26.7 Å². The minimum atomic E-state index is -3.59. The van der Waals surface area contributed by atoms with Gasteiger partial charge in [-0.15, -0.1) is 0 Å². The minimum Gasteiger partial charge on any atom is -0.491 e. The summed E-state index contributed by atoms with van der Waals surface area (Å²) in [5.74, 6) is 0.518. The molecule has 7 heteroatoms. The van der Waals surface area contributed by atoms with Crippen molar-refractivity contribution >= 4 is 21.6 Å². The first-order chi connectivity index (χ1) is 14.9. The van der Waals surface area contributed by atoms with Crippen LogP contribution in [0.2, 0.25) is 0 Å². The Kier molecular flexibility index (Phi) is 8.73. The summed E-state index contributed by atoms with van der Waals surface area (Å²) in [6.45, 7) is 10.5. The number of ether oxygens (including phenoxy) is 1. The third-order valence-corrected chi connectivity index (χ3v) is 6.11. The second-order valence-corrected chi connectivity index (χ2v) is 11.2. The summed E-state index contributed by atoms with van der Waals surface area (Å²) in [5.41, 5.74) is 2.71. The third kappa shape index (κ3) is 8.19. The van der Waals surface area contributed by atoms with Gasteiger partial charge in [0.15, 0.2) is 0 Å². The van der Waals surface area contributed by atoms with Crippen molar-refractivity contribution in [2.45, 2.75) is 59.0 Å². The Morgan fingerprint density at radius 3 is 2.12 bits per heavy atom. The lowest BCUT2D eigenvalue weighted by Crippen LogP contribution is -2.40. The van der Waals surface area contributed by atoms with Gasteiger partial charge in [0.25, 0.3) is 0 Å². The molecule has 0 saturated heterocycles. The summed E-state index contributed by atoms with van der Waals surface area (Å²) in [5, 5.41) is 2.83. The van der Waals surface area contributed by atoms with Crippen molar-refractivity contribution in [1.29, 1.82) is 0 Å². The molecule has 0 unspecified atom stereocenters. The first kappa shape index (κ1) is 25.7. The molecular weight excluding hydrogens is 424 g/mol. The van der Waals surface area contributed by atoms with E-state index in [-0.39, 0.29) is 24.0 Å². The van der Waals surface area contributed by atoms with Gasteiger partial charge in [-0.05, 0) is 67.5 Å². The summed E-state index contributed by atoms with van der Waals surface area (Å²) >= 11 is 0. The van der Waals surface area contributed by atoms with Crippen LogP contribution in [0.15, 0.2) is 48.5 Å². The summed E-state index contributed by atoms with van der Waals surface area (Å²) in [6.07, 6.45) is 2.82. The fourth-order valence-corrected chi connectivity index (χ4v) is 4.10. The van der Waals surface area contributed by atoms with Crippen molar-refractivity contribution in [3.8, 4) is 5.75 Å². The maximum absolute atomic E-state index is 12.4. The monoisotopic (exact) mass is 460 g/mol. The van der Waals surface area contributed by atoms with Crippen molar-refractivity contribution < 1.29 is 17.9 Å². The second-order valence-electron chi connectivity index (χ2n) is 9.33. The maximum atomic E-state index is 12.4. The minimum absolute atomic E-state index is 0.0341. The van der Waals surface area contributed by atoms with E-state index in [2.05, 4.69) is 26.1 Å². The van der Waals surface area contributed by atoms with Gasteiger partial charge in [0.2, 0.25) is 15.9 Å². The molecule has 0 atom stereocenters. The van der Waals surface area contributed by atoms with Crippen LogP contribution in [0.25, 0.3) is 0 Å². The van der Waals surface area contributed by atoms with Crippen molar-refractivity contribution in [1.82, 2.24) is 5.32 Å². The van der Waals surface area contributed by atoms with E-state index in [1.165, 1.54) is 0 Å². The number of nitrogens with one attached hydrogen (secondary N) is 1. The van der Waals surface area contributed by atoms with Crippen LogP contribution in [0, 0.1) is 0 Å². The van der Waals surface area contributed by atoms with Crippen molar-refractivity contribution in [3.05, 3.63) is 59.7 Å². The number of carbonyl (C=O) groups excluding carboxylic acids is 1. The zero-order valence-electron chi connectivity index (χ0n) is 20.0. The van der Waals surface area contributed by atoms with Crippen molar-refractivity contribution in [3.63, 3.8) is 0 Å². The molecular formula is C25H36N2O4S. The lowest BCUT2D eigenvalue weighted by atomic mass is 9.87. The highest BCUT2D eigenvalue weighted by Crippen LogP contribution is 2.25. The third-order valence-electron chi connectivity index (χ3n) is 4.97. The normalized spacial score (nSPS) is 12.0. The highest BCUT2D eigenvalue weighted by Gasteiger charge is 2.21. The van der Waals surface area contributed by atoms with Gasteiger partial charge >= 0.3 is 0 Å². The average molecular weight is 461 g/mol.